The SMILES string of the molecule is CCc1nc(-c2ccc(N(C)C)cc2C(F)(F)F)n(C)c(=O)c1N[C@@H]1c2ccccc2C[C@@H]1OC(C)=O. The normalized spacial score (nSPS) is 16.9. The number of aryl methyl sites for hydroxylation is 1. The van der Waals surface area contributed by atoms with E-state index in [4.69, 9.17) is 4.74 Å². The molecule has 0 saturated heterocycles. The molecule has 2 atom stereocenters. The van der Waals surface area contributed by atoms with Crippen LogP contribution in [0.1, 0.15) is 42.3 Å². The first-order chi connectivity index (χ1) is 17.4. The van der Waals surface area contributed by atoms with Crippen molar-refractivity contribution in [2.24, 2.45) is 7.05 Å². The molecule has 37 heavy (non-hydrogen) atoms. The van der Waals surface area contributed by atoms with Gasteiger partial charge in [0.05, 0.1) is 17.3 Å². The predicted octanol–water partition coefficient (Wildman–Crippen LogP) is 4.74. The third kappa shape index (κ3) is 5.05. The Labute approximate surface area is 212 Å². The van der Waals surface area contributed by atoms with Crippen LogP contribution in [-0.4, -0.2) is 35.7 Å². The zero-order valence-corrected chi connectivity index (χ0v) is 21.3. The molecule has 0 aliphatic heterocycles. The van der Waals surface area contributed by atoms with Gasteiger partial charge in [0.1, 0.15) is 17.6 Å². The van der Waals surface area contributed by atoms with Gasteiger partial charge in [0.2, 0.25) is 0 Å². The van der Waals surface area contributed by atoms with Gasteiger partial charge in [-0.05, 0) is 35.7 Å². The summed E-state index contributed by atoms with van der Waals surface area (Å²) >= 11 is 0. The molecule has 1 heterocycles. The summed E-state index contributed by atoms with van der Waals surface area (Å²) < 4.78 is 48.8. The second-order valence-corrected chi connectivity index (χ2v) is 9.27. The van der Waals surface area contributed by atoms with E-state index in [-0.39, 0.29) is 17.1 Å². The van der Waals surface area contributed by atoms with E-state index < -0.39 is 35.4 Å². The van der Waals surface area contributed by atoms with Crippen LogP contribution in [0.2, 0.25) is 0 Å². The molecule has 0 spiro atoms. The maximum Gasteiger partial charge on any atom is 0.417 e. The van der Waals surface area contributed by atoms with Crippen LogP contribution in [0.15, 0.2) is 47.3 Å². The van der Waals surface area contributed by atoms with Gasteiger partial charge in [0.15, 0.2) is 0 Å². The Morgan fingerprint density at radius 1 is 1.22 bits per heavy atom. The van der Waals surface area contributed by atoms with Crippen molar-refractivity contribution in [2.45, 2.75) is 45.0 Å². The number of alkyl halides is 3. The first-order valence-electron chi connectivity index (χ1n) is 11.9. The van der Waals surface area contributed by atoms with Crippen LogP contribution in [-0.2, 0) is 35.6 Å². The average molecular weight is 515 g/mol. The lowest BCUT2D eigenvalue weighted by Crippen LogP contribution is -2.32. The van der Waals surface area contributed by atoms with Crippen molar-refractivity contribution in [3.8, 4) is 11.4 Å². The summed E-state index contributed by atoms with van der Waals surface area (Å²) in [6, 6.07) is 11.0. The Bertz CT molecular complexity index is 1400. The number of benzene rings is 2. The Kier molecular flexibility index (Phi) is 7.03. The largest absolute Gasteiger partial charge is 0.460 e. The van der Waals surface area contributed by atoms with Gasteiger partial charge in [-0.15, -0.1) is 0 Å². The zero-order valence-electron chi connectivity index (χ0n) is 21.3. The molecule has 0 saturated carbocycles. The highest BCUT2D eigenvalue weighted by Gasteiger charge is 2.37. The minimum atomic E-state index is -4.65. The standard InChI is InChI=1S/C27H29F3N4O3/c1-6-21-24(32-23-18-10-8-7-9-16(18)13-22(23)37-15(2)35)26(36)34(5)25(31-21)19-12-11-17(33(3)4)14-20(19)27(28,29)30/h7-12,14,22-23,32H,6,13H2,1-5H3/t22-,23+/m0/s1. The second kappa shape index (κ2) is 9.91. The summed E-state index contributed by atoms with van der Waals surface area (Å²) in [7, 11) is 4.72. The number of anilines is 2. The van der Waals surface area contributed by atoms with Crippen LogP contribution in [0.25, 0.3) is 11.4 Å². The van der Waals surface area contributed by atoms with Gasteiger partial charge in [-0.2, -0.15) is 13.2 Å². The van der Waals surface area contributed by atoms with Gasteiger partial charge in [0, 0.05) is 45.7 Å². The fourth-order valence-electron chi connectivity index (χ4n) is 4.74. The number of nitrogens with zero attached hydrogens (tertiary/aromatic N) is 3. The van der Waals surface area contributed by atoms with Crippen LogP contribution in [0.4, 0.5) is 24.5 Å². The van der Waals surface area contributed by atoms with E-state index in [0.717, 1.165) is 21.8 Å². The van der Waals surface area contributed by atoms with Gasteiger partial charge >= 0.3 is 12.1 Å². The lowest BCUT2D eigenvalue weighted by Gasteiger charge is -2.25. The fourth-order valence-corrected chi connectivity index (χ4v) is 4.74. The molecule has 0 amide bonds. The molecule has 2 aromatic carbocycles. The monoisotopic (exact) mass is 514 g/mol. The number of nitrogens with one attached hydrogen (secondary N) is 1. The number of halogens is 3. The minimum absolute atomic E-state index is 0.0756. The molecule has 1 N–H and O–H groups in total. The summed E-state index contributed by atoms with van der Waals surface area (Å²) in [5.41, 5.74) is 1.19. The first kappa shape index (κ1) is 26.2. The van der Waals surface area contributed by atoms with Crippen molar-refractivity contribution in [2.75, 3.05) is 24.3 Å². The number of ether oxygens (including phenoxy) is 1. The minimum Gasteiger partial charge on any atom is -0.460 e. The molecule has 7 nitrogen and oxygen atoms in total. The second-order valence-electron chi connectivity index (χ2n) is 9.27. The highest BCUT2D eigenvalue weighted by Crippen LogP contribution is 2.39. The molecule has 1 aromatic heterocycles. The van der Waals surface area contributed by atoms with Crippen LogP contribution < -0.4 is 15.8 Å². The topological polar surface area (TPSA) is 76.5 Å². The summed E-state index contributed by atoms with van der Waals surface area (Å²) in [4.78, 5) is 31.4. The smallest absolute Gasteiger partial charge is 0.417 e. The lowest BCUT2D eigenvalue weighted by molar-refractivity contribution is -0.146. The van der Waals surface area contributed by atoms with E-state index in [1.54, 1.807) is 32.0 Å². The lowest BCUT2D eigenvalue weighted by atomic mass is 10.0. The third-order valence-electron chi connectivity index (χ3n) is 6.57. The Morgan fingerprint density at radius 3 is 2.54 bits per heavy atom. The van der Waals surface area contributed by atoms with E-state index in [1.807, 2.05) is 24.3 Å². The van der Waals surface area contributed by atoms with E-state index >= 15 is 0 Å². The number of esters is 1. The summed E-state index contributed by atoms with van der Waals surface area (Å²) in [5.74, 6) is -0.518. The number of hydrogen-bond donors (Lipinski definition) is 1. The molecule has 0 unspecified atom stereocenters. The highest BCUT2D eigenvalue weighted by atomic mass is 19.4. The van der Waals surface area contributed by atoms with Crippen molar-refractivity contribution >= 4 is 17.3 Å². The molecule has 0 fully saturated rings. The molecule has 3 aromatic rings. The molecular weight excluding hydrogens is 485 g/mol. The molecule has 10 heteroatoms. The number of carbonyl (C=O) groups is 1. The van der Waals surface area contributed by atoms with Crippen molar-refractivity contribution < 1.29 is 22.7 Å². The fraction of sp³-hybridized carbons (Fsp3) is 0.370. The van der Waals surface area contributed by atoms with E-state index in [9.17, 15) is 22.8 Å². The van der Waals surface area contributed by atoms with E-state index in [2.05, 4.69) is 10.3 Å². The molecule has 4 rings (SSSR count). The number of hydrogen-bond acceptors (Lipinski definition) is 6. The van der Waals surface area contributed by atoms with Crippen molar-refractivity contribution in [3.05, 3.63) is 75.2 Å². The van der Waals surface area contributed by atoms with Gasteiger partial charge in [-0.3, -0.25) is 14.2 Å². The number of rotatable bonds is 6. The van der Waals surface area contributed by atoms with Crippen LogP contribution in [0, 0.1) is 0 Å². The van der Waals surface area contributed by atoms with Crippen molar-refractivity contribution in [3.63, 3.8) is 0 Å². The Hall–Kier alpha value is -3.82. The molecule has 0 bridgehead atoms. The van der Waals surface area contributed by atoms with Gasteiger partial charge in [-0.25, -0.2) is 4.98 Å². The first-order valence-corrected chi connectivity index (χ1v) is 11.9. The van der Waals surface area contributed by atoms with E-state index in [0.29, 0.717) is 24.2 Å². The van der Waals surface area contributed by atoms with Crippen LogP contribution in [0.3, 0.4) is 0 Å². The van der Waals surface area contributed by atoms with Crippen molar-refractivity contribution in [1.82, 2.24) is 9.55 Å². The quantitative estimate of drug-likeness (QED) is 0.479. The molecular formula is C27H29F3N4O3. The van der Waals surface area contributed by atoms with Gasteiger partial charge < -0.3 is 15.0 Å². The van der Waals surface area contributed by atoms with Gasteiger partial charge in [0.25, 0.3) is 5.56 Å². The summed E-state index contributed by atoms with van der Waals surface area (Å²) in [6.45, 7) is 3.11. The Morgan fingerprint density at radius 2 is 1.92 bits per heavy atom. The number of carbonyl (C=O) groups excluding carboxylic acids is 1. The summed E-state index contributed by atoms with van der Waals surface area (Å²) in [5, 5.41) is 3.23. The highest BCUT2D eigenvalue weighted by molar-refractivity contribution is 5.69. The molecule has 196 valence electrons. The third-order valence-corrected chi connectivity index (χ3v) is 6.57. The molecule has 0 radical (unpaired) electrons. The van der Waals surface area contributed by atoms with Crippen LogP contribution >= 0.6 is 0 Å². The van der Waals surface area contributed by atoms with Crippen LogP contribution in [0.5, 0.6) is 0 Å². The zero-order chi connectivity index (χ0) is 27.1. The number of aromatic nitrogens is 2. The average Bonchev–Trinajstić information content (AvgIpc) is 3.17. The summed E-state index contributed by atoms with van der Waals surface area (Å²) in [6.07, 6.45) is -4.41. The molecule has 1 aliphatic carbocycles. The number of fused-ring (bicyclic) bond motifs is 1. The van der Waals surface area contributed by atoms with E-state index in [1.165, 1.54) is 20.0 Å². The Balaban J connectivity index is 1.83. The van der Waals surface area contributed by atoms with Gasteiger partial charge in [-0.1, -0.05) is 31.2 Å². The van der Waals surface area contributed by atoms with Crippen molar-refractivity contribution in [1.29, 1.82) is 0 Å². The molecule has 1 aliphatic rings. The maximum absolute atomic E-state index is 14.0. The maximum atomic E-state index is 14.0. The predicted molar refractivity (Wildman–Crippen MR) is 136 cm³/mol.